The Morgan fingerprint density at radius 3 is 2.42 bits per heavy atom. The van der Waals surface area contributed by atoms with Crippen LogP contribution in [0.1, 0.15) is 22.5 Å². The first-order chi connectivity index (χ1) is 12.3. The maximum atomic E-state index is 12.3. The summed E-state index contributed by atoms with van der Waals surface area (Å²) in [7, 11) is 0. The zero-order valence-corrected chi connectivity index (χ0v) is 14.7. The molecule has 0 unspecified atom stereocenters. The van der Waals surface area contributed by atoms with Gasteiger partial charge in [-0.2, -0.15) is 0 Å². The van der Waals surface area contributed by atoms with Crippen LogP contribution in [-0.4, -0.2) is 39.0 Å². The molecule has 0 spiro atoms. The van der Waals surface area contributed by atoms with E-state index in [1.54, 1.807) is 6.08 Å². The van der Waals surface area contributed by atoms with Crippen LogP contribution in [0.5, 0.6) is 0 Å². The average molecular weight is 353 g/mol. The van der Waals surface area contributed by atoms with E-state index in [9.17, 15) is 14.4 Å². The summed E-state index contributed by atoms with van der Waals surface area (Å²) in [5.41, 5.74) is 4.92. The van der Waals surface area contributed by atoms with E-state index >= 15 is 0 Å². The van der Waals surface area contributed by atoms with Crippen LogP contribution in [0, 0.1) is 20.8 Å². The first kappa shape index (κ1) is 17.5. The third-order valence-electron chi connectivity index (χ3n) is 4.32. The molecular weight excluding hydrogens is 334 g/mol. The van der Waals surface area contributed by atoms with Crippen LogP contribution >= 0.6 is 0 Å². The SMILES string of the molecule is Cc1ccc(-n2c(C)cc(/C=C3\NC(=O)N(CC(=O)O)C3=O)c2C)cc1. The molecule has 2 N–H and O–H groups in total. The van der Waals surface area contributed by atoms with Crippen molar-refractivity contribution in [2.45, 2.75) is 20.8 Å². The van der Waals surface area contributed by atoms with Gasteiger partial charge in [-0.1, -0.05) is 17.7 Å². The summed E-state index contributed by atoms with van der Waals surface area (Å²) in [5.74, 6) is -1.88. The molecule has 1 fully saturated rings. The standard InChI is InChI=1S/C19H19N3O4/c1-11-4-6-15(7-5-11)22-12(2)8-14(13(22)3)9-16-18(25)21(10-17(23)24)19(26)20-16/h4-9H,10H2,1-3H3,(H,20,26)(H,23,24)/b16-9-. The topological polar surface area (TPSA) is 91.6 Å². The lowest BCUT2D eigenvalue weighted by atomic mass is 10.2. The number of nitrogens with zero attached hydrogens (tertiary/aromatic N) is 2. The molecule has 0 saturated carbocycles. The van der Waals surface area contributed by atoms with Crippen molar-refractivity contribution in [2.24, 2.45) is 0 Å². The van der Waals surface area contributed by atoms with Crippen LogP contribution in [0.3, 0.4) is 0 Å². The molecule has 2 aromatic rings. The Morgan fingerprint density at radius 2 is 1.81 bits per heavy atom. The molecule has 1 aromatic carbocycles. The molecule has 3 rings (SSSR count). The number of aryl methyl sites for hydroxylation is 2. The van der Waals surface area contributed by atoms with Gasteiger partial charge in [0.25, 0.3) is 5.91 Å². The number of hydrogen-bond acceptors (Lipinski definition) is 3. The van der Waals surface area contributed by atoms with Crippen molar-refractivity contribution < 1.29 is 19.5 Å². The van der Waals surface area contributed by atoms with Crippen LogP contribution in [0.15, 0.2) is 36.0 Å². The molecule has 0 aliphatic carbocycles. The third kappa shape index (κ3) is 3.11. The highest BCUT2D eigenvalue weighted by molar-refractivity contribution is 6.15. The molecule has 7 nitrogen and oxygen atoms in total. The molecule has 1 saturated heterocycles. The van der Waals surface area contributed by atoms with Gasteiger partial charge in [0.15, 0.2) is 0 Å². The highest BCUT2D eigenvalue weighted by atomic mass is 16.4. The quantitative estimate of drug-likeness (QED) is 0.652. The van der Waals surface area contributed by atoms with Crippen molar-refractivity contribution in [2.75, 3.05) is 6.54 Å². The van der Waals surface area contributed by atoms with E-state index in [1.165, 1.54) is 0 Å². The van der Waals surface area contributed by atoms with Crippen LogP contribution in [-0.2, 0) is 9.59 Å². The summed E-state index contributed by atoms with van der Waals surface area (Å²) < 4.78 is 2.06. The number of urea groups is 1. The molecule has 0 radical (unpaired) electrons. The summed E-state index contributed by atoms with van der Waals surface area (Å²) in [6.07, 6.45) is 1.58. The largest absolute Gasteiger partial charge is 0.480 e. The molecule has 1 aromatic heterocycles. The van der Waals surface area contributed by atoms with Crippen molar-refractivity contribution in [3.8, 4) is 5.69 Å². The number of carboxylic acids is 1. The maximum absolute atomic E-state index is 12.3. The van der Waals surface area contributed by atoms with Crippen molar-refractivity contribution >= 4 is 24.0 Å². The summed E-state index contributed by atoms with van der Waals surface area (Å²) in [5, 5.41) is 11.3. The first-order valence-corrected chi connectivity index (χ1v) is 8.10. The fourth-order valence-electron chi connectivity index (χ4n) is 3.03. The predicted octanol–water partition coefficient (Wildman–Crippen LogP) is 2.38. The molecule has 26 heavy (non-hydrogen) atoms. The van der Waals surface area contributed by atoms with Crippen LogP contribution in [0.25, 0.3) is 11.8 Å². The number of carbonyl (C=O) groups excluding carboxylic acids is 2. The number of imide groups is 1. The number of nitrogens with one attached hydrogen (secondary N) is 1. The Balaban J connectivity index is 1.96. The van der Waals surface area contributed by atoms with Crippen molar-refractivity contribution in [3.05, 3.63) is 58.5 Å². The summed E-state index contributed by atoms with van der Waals surface area (Å²) >= 11 is 0. The van der Waals surface area contributed by atoms with Gasteiger partial charge in [0.1, 0.15) is 12.2 Å². The zero-order valence-electron chi connectivity index (χ0n) is 14.7. The summed E-state index contributed by atoms with van der Waals surface area (Å²) in [6.45, 7) is 5.24. The molecule has 2 heterocycles. The van der Waals surface area contributed by atoms with Gasteiger partial charge >= 0.3 is 12.0 Å². The van der Waals surface area contributed by atoms with E-state index in [0.717, 1.165) is 28.2 Å². The molecule has 1 aliphatic rings. The van der Waals surface area contributed by atoms with Gasteiger partial charge < -0.3 is 15.0 Å². The minimum absolute atomic E-state index is 0.0698. The second-order valence-corrected chi connectivity index (χ2v) is 6.27. The van der Waals surface area contributed by atoms with Crippen molar-refractivity contribution in [1.29, 1.82) is 0 Å². The maximum Gasteiger partial charge on any atom is 0.329 e. The second-order valence-electron chi connectivity index (χ2n) is 6.27. The van der Waals surface area contributed by atoms with Gasteiger partial charge in [-0.25, -0.2) is 9.69 Å². The summed E-state index contributed by atoms with van der Waals surface area (Å²) in [6, 6.07) is 9.28. The molecule has 7 heteroatoms. The smallest absolute Gasteiger partial charge is 0.329 e. The minimum atomic E-state index is -1.24. The molecule has 0 bridgehead atoms. The van der Waals surface area contributed by atoms with Crippen LogP contribution in [0.2, 0.25) is 0 Å². The van der Waals surface area contributed by atoms with Crippen molar-refractivity contribution in [3.63, 3.8) is 0 Å². The molecule has 0 atom stereocenters. The molecule has 3 amide bonds. The van der Waals surface area contributed by atoms with Gasteiger partial charge in [0.2, 0.25) is 0 Å². The zero-order chi connectivity index (χ0) is 19.0. The monoisotopic (exact) mass is 353 g/mol. The van der Waals surface area contributed by atoms with E-state index in [-0.39, 0.29) is 5.70 Å². The highest BCUT2D eigenvalue weighted by Crippen LogP contribution is 2.24. The predicted molar refractivity (Wildman–Crippen MR) is 95.8 cm³/mol. The van der Waals surface area contributed by atoms with Crippen molar-refractivity contribution in [1.82, 2.24) is 14.8 Å². The number of rotatable bonds is 4. The highest BCUT2D eigenvalue weighted by Gasteiger charge is 2.35. The van der Waals surface area contributed by atoms with Gasteiger partial charge in [-0.3, -0.25) is 9.59 Å². The lowest BCUT2D eigenvalue weighted by molar-refractivity contribution is -0.140. The van der Waals surface area contributed by atoms with Gasteiger partial charge in [-0.15, -0.1) is 0 Å². The van der Waals surface area contributed by atoms with Crippen LogP contribution in [0.4, 0.5) is 4.79 Å². The summed E-state index contributed by atoms with van der Waals surface area (Å²) in [4.78, 5) is 35.6. The second kappa shape index (κ2) is 6.51. The number of benzene rings is 1. The van der Waals surface area contributed by atoms with Gasteiger partial charge in [0.05, 0.1) is 0 Å². The number of hydrogen-bond donors (Lipinski definition) is 2. The van der Waals surface area contributed by atoms with Gasteiger partial charge in [0, 0.05) is 17.1 Å². The third-order valence-corrected chi connectivity index (χ3v) is 4.32. The Hall–Kier alpha value is -3.35. The van der Waals surface area contributed by atoms with Crippen LogP contribution < -0.4 is 5.32 Å². The fourth-order valence-corrected chi connectivity index (χ4v) is 3.03. The normalized spacial score (nSPS) is 15.7. The Morgan fingerprint density at radius 1 is 1.15 bits per heavy atom. The van der Waals surface area contributed by atoms with E-state index in [4.69, 9.17) is 5.11 Å². The number of carboxylic acid groups (broad SMARTS) is 1. The van der Waals surface area contributed by atoms with E-state index in [2.05, 4.69) is 9.88 Å². The molecule has 134 valence electrons. The molecular formula is C19H19N3O4. The Labute approximate surface area is 150 Å². The number of amides is 3. The number of aromatic nitrogens is 1. The van der Waals surface area contributed by atoms with E-state index in [1.807, 2.05) is 51.1 Å². The average Bonchev–Trinajstić information content (AvgIpc) is 2.99. The van der Waals surface area contributed by atoms with E-state index < -0.39 is 24.5 Å². The Bertz CT molecular complexity index is 938. The lowest BCUT2D eigenvalue weighted by Gasteiger charge is -2.10. The van der Waals surface area contributed by atoms with E-state index in [0.29, 0.717) is 4.90 Å². The fraction of sp³-hybridized carbons (Fsp3) is 0.211. The number of aliphatic carboxylic acids is 1. The minimum Gasteiger partial charge on any atom is -0.480 e. The lowest BCUT2D eigenvalue weighted by Crippen LogP contribution is -2.35. The molecule has 1 aliphatic heterocycles. The Kier molecular flexibility index (Phi) is 4.38. The first-order valence-electron chi connectivity index (χ1n) is 8.10. The number of carbonyl (C=O) groups is 3. The van der Waals surface area contributed by atoms with Gasteiger partial charge in [-0.05, 0) is 50.6 Å².